The van der Waals surface area contributed by atoms with Gasteiger partial charge in [0.15, 0.2) is 0 Å². The second kappa shape index (κ2) is 13.9. The Kier molecular flexibility index (Phi) is 10.8. The predicted molar refractivity (Wildman–Crippen MR) is 164 cm³/mol. The lowest BCUT2D eigenvalue weighted by atomic mass is 10.0. The normalized spacial score (nSPS) is 12.3. The Bertz CT molecular complexity index is 1440. The summed E-state index contributed by atoms with van der Waals surface area (Å²) in [6.07, 6.45) is 1.25. The second-order valence-corrected chi connectivity index (χ2v) is 13.0. The maximum absolute atomic E-state index is 14.2. The van der Waals surface area contributed by atoms with Crippen LogP contribution in [-0.2, 0) is 32.6 Å². The lowest BCUT2D eigenvalue weighted by Crippen LogP contribution is -2.56. The molecular formula is C31H38ClN3O5S. The van der Waals surface area contributed by atoms with Gasteiger partial charge in [-0.1, -0.05) is 72.3 Å². The highest BCUT2D eigenvalue weighted by Crippen LogP contribution is 2.30. The molecule has 3 rings (SSSR count). The molecule has 0 fully saturated rings. The molecule has 0 bridgehead atoms. The van der Waals surface area contributed by atoms with Crippen LogP contribution in [0.15, 0.2) is 78.9 Å². The molecule has 0 saturated heterocycles. The van der Waals surface area contributed by atoms with E-state index in [9.17, 15) is 18.0 Å². The van der Waals surface area contributed by atoms with E-state index in [-0.39, 0.29) is 24.6 Å². The highest BCUT2D eigenvalue weighted by Gasteiger charge is 2.35. The van der Waals surface area contributed by atoms with Gasteiger partial charge < -0.3 is 15.0 Å². The number of benzene rings is 3. The largest absolute Gasteiger partial charge is 0.492 e. The van der Waals surface area contributed by atoms with Crippen molar-refractivity contribution in [2.75, 3.05) is 23.7 Å². The van der Waals surface area contributed by atoms with Crippen LogP contribution in [-0.4, -0.2) is 56.1 Å². The first-order chi connectivity index (χ1) is 19.3. The molecule has 220 valence electrons. The number of ether oxygens (including phenoxy) is 1. The summed E-state index contributed by atoms with van der Waals surface area (Å²) >= 11 is 6.49. The Morgan fingerprint density at radius 3 is 2.17 bits per heavy atom. The minimum absolute atomic E-state index is 0.00171. The fourth-order valence-electron chi connectivity index (χ4n) is 4.35. The van der Waals surface area contributed by atoms with Gasteiger partial charge in [0.1, 0.15) is 18.3 Å². The SMILES string of the molecule is CCOc1ccccc1N(CC(=O)N(Cc1ccccc1Cl)C(Cc1ccccc1)C(=O)NC(C)(C)C)S(C)(=O)=O. The van der Waals surface area contributed by atoms with E-state index in [2.05, 4.69) is 5.32 Å². The molecule has 0 heterocycles. The van der Waals surface area contributed by atoms with Gasteiger partial charge in [-0.25, -0.2) is 8.42 Å². The number of amides is 2. The highest BCUT2D eigenvalue weighted by molar-refractivity contribution is 7.92. The molecule has 3 aromatic carbocycles. The standard InChI is InChI=1S/C31H38ClN3O5S/c1-6-40-28-19-13-12-18-26(28)35(41(5,38)39)22-29(36)34(21-24-16-10-11-17-25(24)32)27(30(37)33-31(2,3)4)20-23-14-8-7-9-15-23/h7-19,27H,6,20-22H2,1-5H3,(H,33,37). The van der Waals surface area contributed by atoms with E-state index in [1.54, 1.807) is 55.5 Å². The summed E-state index contributed by atoms with van der Waals surface area (Å²) in [6.45, 7) is 7.15. The first kappa shape index (κ1) is 32.0. The molecule has 0 aliphatic heterocycles. The van der Waals surface area contributed by atoms with Gasteiger partial charge in [-0.15, -0.1) is 0 Å². The summed E-state index contributed by atoms with van der Waals surface area (Å²) in [5, 5.41) is 3.43. The summed E-state index contributed by atoms with van der Waals surface area (Å²) in [5.74, 6) is -0.591. The number of sulfonamides is 1. The summed E-state index contributed by atoms with van der Waals surface area (Å²) in [4.78, 5) is 29.4. The van der Waals surface area contributed by atoms with Crippen LogP contribution >= 0.6 is 11.6 Å². The molecule has 41 heavy (non-hydrogen) atoms. The molecule has 1 unspecified atom stereocenters. The lowest BCUT2D eigenvalue weighted by Gasteiger charge is -2.35. The molecule has 10 heteroatoms. The predicted octanol–water partition coefficient (Wildman–Crippen LogP) is 5.06. The van der Waals surface area contributed by atoms with Crippen LogP contribution in [0.25, 0.3) is 0 Å². The second-order valence-electron chi connectivity index (χ2n) is 10.7. The first-order valence-corrected chi connectivity index (χ1v) is 15.6. The van der Waals surface area contributed by atoms with E-state index in [1.165, 1.54) is 4.90 Å². The molecule has 8 nitrogen and oxygen atoms in total. The van der Waals surface area contributed by atoms with E-state index in [0.29, 0.717) is 22.9 Å². The number of nitrogens with one attached hydrogen (secondary N) is 1. The quantitative estimate of drug-likeness (QED) is 0.314. The van der Waals surface area contributed by atoms with Crippen LogP contribution in [0.4, 0.5) is 5.69 Å². The van der Waals surface area contributed by atoms with Crippen molar-refractivity contribution < 1.29 is 22.7 Å². The van der Waals surface area contributed by atoms with Crippen molar-refractivity contribution in [3.63, 3.8) is 0 Å². The number of carbonyl (C=O) groups is 2. The number of para-hydroxylation sites is 2. The minimum atomic E-state index is -3.92. The number of halogens is 1. The van der Waals surface area contributed by atoms with Crippen molar-refractivity contribution in [2.24, 2.45) is 0 Å². The Balaban J connectivity index is 2.11. The smallest absolute Gasteiger partial charge is 0.244 e. The third kappa shape index (κ3) is 9.23. The van der Waals surface area contributed by atoms with Crippen LogP contribution in [0.1, 0.15) is 38.8 Å². The van der Waals surface area contributed by atoms with Crippen molar-refractivity contribution in [2.45, 2.75) is 52.2 Å². The Labute approximate surface area is 248 Å². The molecule has 0 radical (unpaired) electrons. The molecule has 1 N–H and O–H groups in total. The summed E-state index contributed by atoms with van der Waals surface area (Å²) < 4.78 is 32.8. The number of hydrogen-bond acceptors (Lipinski definition) is 5. The third-order valence-electron chi connectivity index (χ3n) is 6.18. The molecule has 0 aliphatic rings. The molecule has 0 aromatic heterocycles. The monoisotopic (exact) mass is 599 g/mol. The van der Waals surface area contributed by atoms with Crippen LogP contribution in [0.2, 0.25) is 5.02 Å². The van der Waals surface area contributed by atoms with E-state index >= 15 is 0 Å². The lowest BCUT2D eigenvalue weighted by molar-refractivity contribution is -0.140. The van der Waals surface area contributed by atoms with Gasteiger partial charge in [-0.3, -0.25) is 13.9 Å². The van der Waals surface area contributed by atoms with Crippen molar-refractivity contribution in [3.05, 3.63) is 95.0 Å². The average Bonchev–Trinajstić information content (AvgIpc) is 2.90. The summed E-state index contributed by atoms with van der Waals surface area (Å²) in [5.41, 5.74) is 1.15. The van der Waals surface area contributed by atoms with E-state index in [4.69, 9.17) is 16.3 Å². The fourth-order valence-corrected chi connectivity index (χ4v) is 5.40. The zero-order valence-electron chi connectivity index (χ0n) is 24.1. The first-order valence-electron chi connectivity index (χ1n) is 13.4. The number of carbonyl (C=O) groups excluding carboxylic acids is 2. The van der Waals surface area contributed by atoms with Gasteiger partial charge in [0, 0.05) is 23.5 Å². The third-order valence-corrected chi connectivity index (χ3v) is 7.68. The molecule has 3 aromatic rings. The van der Waals surface area contributed by atoms with Gasteiger partial charge in [0.25, 0.3) is 0 Å². The zero-order valence-corrected chi connectivity index (χ0v) is 25.7. The highest BCUT2D eigenvalue weighted by atomic mass is 35.5. The Morgan fingerprint density at radius 2 is 1.56 bits per heavy atom. The van der Waals surface area contributed by atoms with Crippen molar-refractivity contribution in [3.8, 4) is 5.75 Å². The molecule has 0 spiro atoms. The van der Waals surface area contributed by atoms with E-state index in [0.717, 1.165) is 16.1 Å². The van der Waals surface area contributed by atoms with Crippen molar-refractivity contribution in [1.29, 1.82) is 0 Å². The summed E-state index contributed by atoms with van der Waals surface area (Å²) in [7, 11) is -3.92. The minimum Gasteiger partial charge on any atom is -0.492 e. The molecule has 2 amide bonds. The number of anilines is 1. The topological polar surface area (TPSA) is 96.0 Å². The Hall–Kier alpha value is -3.56. The Morgan fingerprint density at radius 1 is 0.951 bits per heavy atom. The molecule has 0 saturated carbocycles. The fraction of sp³-hybridized carbons (Fsp3) is 0.355. The van der Waals surface area contributed by atoms with E-state index in [1.807, 2.05) is 51.1 Å². The van der Waals surface area contributed by atoms with E-state index < -0.39 is 34.1 Å². The van der Waals surface area contributed by atoms with Gasteiger partial charge in [0.05, 0.1) is 18.6 Å². The van der Waals surface area contributed by atoms with Gasteiger partial charge in [-0.05, 0) is 57.0 Å². The van der Waals surface area contributed by atoms with Crippen LogP contribution < -0.4 is 14.4 Å². The van der Waals surface area contributed by atoms with Gasteiger partial charge in [0.2, 0.25) is 21.8 Å². The maximum atomic E-state index is 14.2. The van der Waals surface area contributed by atoms with Crippen molar-refractivity contribution >= 4 is 39.1 Å². The van der Waals surface area contributed by atoms with Crippen LogP contribution in [0.5, 0.6) is 5.75 Å². The number of nitrogens with zero attached hydrogens (tertiary/aromatic N) is 2. The van der Waals surface area contributed by atoms with Crippen LogP contribution in [0.3, 0.4) is 0 Å². The zero-order chi connectivity index (χ0) is 30.2. The molecule has 1 atom stereocenters. The average molecular weight is 600 g/mol. The summed E-state index contributed by atoms with van der Waals surface area (Å²) in [6, 6.07) is 22.1. The maximum Gasteiger partial charge on any atom is 0.244 e. The van der Waals surface area contributed by atoms with Crippen molar-refractivity contribution in [1.82, 2.24) is 10.2 Å². The van der Waals surface area contributed by atoms with Crippen LogP contribution in [0, 0.1) is 0 Å². The molecular weight excluding hydrogens is 562 g/mol. The van der Waals surface area contributed by atoms with Gasteiger partial charge in [-0.2, -0.15) is 0 Å². The number of rotatable bonds is 12. The molecule has 0 aliphatic carbocycles. The number of hydrogen-bond donors (Lipinski definition) is 1. The van der Waals surface area contributed by atoms with Gasteiger partial charge >= 0.3 is 0 Å².